The molecule has 0 aromatic carbocycles. The van der Waals surface area contributed by atoms with Crippen molar-refractivity contribution in [3.8, 4) is 17.1 Å². The van der Waals surface area contributed by atoms with Gasteiger partial charge in [0.15, 0.2) is 5.82 Å². The first-order valence-corrected chi connectivity index (χ1v) is 6.95. The lowest BCUT2D eigenvalue weighted by Crippen LogP contribution is -2.23. The molecule has 3 rings (SSSR count). The Morgan fingerprint density at radius 3 is 2.95 bits per heavy atom. The van der Waals surface area contributed by atoms with E-state index in [1.54, 1.807) is 12.3 Å². The molecule has 1 aliphatic heterocycles. The molecule has 0 saturated heterocycles. The van der Waals surface area contributed by atoms with Crippen LogP contribution in [0.5, 0.6) is 5.88 Å². The highest BCUT2D eigenvalue weighted by atomic mass is 19.1. The summed E-state index contributed by atoms with van der Waals surface area (Å²) in [5.74, 6) is 0.648. The monoisotopic (exact) mass is 275 g/mol. The second-order valence-electron chi connectivity index (χ2n) is 5.52. The van der Waals surface area contributed by atoms with E-state index in [-0.39, 0.29) is 17.8 Å². The number of fused-ring (bicyclic) bond motifs is 1. The minimum absolute atomic E-state index is 0.173. The van der Waals surface area contributed by atoms with Gasteiger partial charge in [0.2, 0.25) is 5.88 Å². The fourth-order valence-corrected chi connectivity index (χ4v) is 2.58. The Kier molecular flexibility index (Phi) is 3.20. The minimum atomic E-state index is -0.349. The van der Waals surface area contributed by atoms with Gasteiger partial charge < -0.3 is 4.74 Å². The van der Waals surface area contributed by atoms with Crippen LogP contribution in [0.1, 0.15) is 38.7 Å². The molecule has 0 bridgehead atoms. The van der Waals surface area contributed by atoms with E-state index in [0.29, 0.717) is 11.3 Å². The molecule has 0 radical (unpaired) electrons. The Hall–Kier alpha value is -1.91. The zero-order valence-electron chi connectivity index (χ0n) is 11.9. The topological polar surface area (TPSA) is 39.9 Å². The molecule has 0 N–H and O–H groups in total. The number of ether oxygens (including phenoxy) is 1. The summed E-state index contributed by atoms with van der Waals surface area (Å²) in [5, 5.41) is 4.56. The molecule has 4 nitrogen and oxygen atoms in total. The predicted molar refractivity (Wildman–Crippen MR) is 74.2 cm³/mol. The van der Waals surface area contributed by atoms with Crippen molar-refractivity contribution in [1.29, 1.82) is 0 Å². The Morgan fingerprint density at radius 2 is 2.25 bits per heavy atom. The molecule has 1 atom stereocenters. The van der Waals surface area contributed by atoms with Crippen LogP contribution < -0.4 is 4.74 Å². The van der Waals surface area contributed by atoms with Crippen molar-refractivity contribution in [1.82, 2.24) is 14.8 Å². The van der Waals surface area contributed by atoms with Crippen molar-refractivity contribution in [3.63, 3.8) is 0 Å². The van der Waals surface area contributed by atoms with E-state index in [4.69, 9.17) is 4.74 Å². The standard InChI is InChI=1S/C15H18FN3O/c1-9(2)13-14(11-4-6-17-8-12(11)16)18-19-7-5-10(3)20-15(13)19/h4,6,8-10H,5,7H2,1-3H3/t10-/m0/s1. The molecular formula is C15H18FN3O. The highest BCUT2D eigenvalue weighted by Gasteiger charge is 2.28. The van der Waals surface area contributed by atoms with Gasteiger partial charge >= 0.3 is 0 Å². The average molecular weight is 275 g/mol. The van der Waals surface area contributed by atoms with Gasteiger partial charge in [-0.2, -0.15) is 5.10 Å². The molecule has 0 aliphatic carbocycles. The highest BCUT2D eigenvalue weighted by molar-refractivity contribution is 5.66. The van der Waals surface area contributed by atoms with Gasteiger partial charge in [-0.15, -0.1) is 0 Å². The summed E-state index contributed by atoms with van der Waals surface area (Å²) in [7, 11) is 0. The molecule has 2 aromatic rings. The lowest BCUT2D eigenvalue weighted by molar-refractivity contribution is 0.147. The van der Waals surface area contributed by atoms with Crippen LogP contribution in [0.4, 0.5) is 4.39 Å². The second-order valence-corrected chi connectivity index (χ2v) is 5.52. The normalized spacial score (nSPS) is 17.9. The summed E-state index contributed by atoms with van der Waals surface area (Å²) in [6, 6.07) is 1.67. The van der Waals surface area contributed by atoms with E-state index in [0.717, 1.165) is 24.4 Å². The first-order chi connectivity index (χ1) is 9.58. The Bertz CT molecular complexity index is 636. The van der Waals surface area contributed by atoms with E-state index in [1.807, 2.05) is 11.6 Å². The third-order valence-corrected chi connectivity index (χ3v) is 3.61. The lowest BCUT2D eigenvalue weighted by atomic mass is 9.99. The lowest BCUT2D eigenvalue weighted by Gasteiger charge is -2.23. The average Bonchev–Trinajstić information content (AvgIpc) is 2.77. The SMILES string of the molecule is CC(C)c1c(-c2ccncc2F)nn2c1O[C@@H](C)CC2. The summed E-state index contributed by atoms with van der Waals surface area (Å²) >= 11 is 0. The number of rotatable bonds is 2. The summed E-state index contributed by atoms with van der Waals surface area (Å²) < 4.78 is 21.8. The predicted octanol–water partition coefficient (Wildman–Crippen LogP) is 3.38. The quantitative estimate of drug-likeness (QED) is 0.843. The van der Waals surface area contributed by atoms with Crippen LogP contribution in [0.25, 0.3) is 11.3 Å². The summed E-state index contributed by atoms with van der Waals surface area (Å²) in [6.45, 7) is 7.00. The van der Waals surface area contributed by atoms with Gasteiger partial charge in [-0.25, -0.2) is 9.07 Å². The van der Waals surface area contributed by atoms with Crippen LogP contribution in [-0.2, 0) is 6.54 Å². The number of aromatic nitrogens is 3. The number of halogens is 1. The Balaban J connectivity index is 2.19. The van der Waals surface area contributed by atoms with Crippen LogP contribution in [0.2, 0.25) is 0 Å². The van der Waals surface area contributed by atoms with Gasteiger partial charge in [-0.1, -0.05) is 13.8 Å². The Morgan fingerprint density at radius 1 is 1.45 bits per heavy atom. The summed E-state index contributed by atoms with van der Waals surface area (Å²) in [5.41, 5.74) is 2.13. The van der Waals surface area contributed by atoms with Crippen molar-refractivity contribution in [2.75, 3.05) is 0 Å². The molecule has 0 spiro atoms. The molecular weight excluding hydrogens is 257 g/mol. The van der Waals surface area contributed by atoms with Crippen LogP contribution >= 0.6 is 0 Å². The van der Waals surface area contributed by atoms with Crippen molar-refractivity contribution in [3.05, 3.63) is 29.8 Å². The molecule has 0 amide bonds. The molecule has 2 aromatic heterocycles. The largest absolute Gasteiger partial charge is 0.475 e. The molecule has 3 heterocycles. The van der Waals surface area contributed by atoms with Crippen molar-refractivity contribution in [2.45, 2.75) is 45.8 Å². The molecule has 1 aliphatic rings. The van der Waals surface area contributed by atoms with Gasteiger partial charge in [0.25, 0.3) is 0 Å². The van der Waals surface area contributed by atoms with Crippen molar-refractivity contribution >= 4 is 0 Å². The van der Waals surface area contributed by atoms with Crippen LogP contribution in [0.15, 0.2) is 18.5 Å². The maximum atomic E-state index is 14.0. The van der Waals surface area contributed by atoms with Crippen LogP contribution in [-0.4, -0.2) is 20.9 Å². The smallest absolute Gasteiger partial charge is 0.216 e. The molecule has 106 valence electrons. The van der Waals surface area contributed by atoms with Gasteiger partial charge in [0.05, 0.1) is 12.3 Å². The number of aryl methyl sites for hydroxylation is 1. The maximum absolute atomic E-state index is 14.0. The van der Waals surface area contributed by atoms with E-state index >= 15 is 0 Å². The number of hydrogen-bond acceptors (Lipinski definition) is 3. The first-order valence-electron chi connectivity index (χ1n) is 6.95. The zero-order chi connectivity index (χ0) is 14.3. The third kappa shape index (κ3) is 2.07. The second kappa shape index (κ2) is 4.89. The van der Waals surface area contributed by atoms with Gasteiger partial charge in [0, 0.05) is 30.3 Å². The molecule has 0 fully saturated rings. The van der Waals surface area contributed by atoms with Gasteiger partial charge in [-0.05, 0) is 18.9 Å². The highest BCUT2D eigenvalue weighted by Crippen LogP contribution is 2.39. The minimum Gasteiger partial charge on any atom is -0.475 e. The van der Waals surface area contributed by atoms with Crippen LogP contribution in [0, 0.1) is 5.82 Å². The molecule has 0 saturated carbocycles. The van der Waals surface area contributed by atoms with Crippen molar-refractivity contribution in [2.24, 2.45) is 0 Å². The zero-order valence-corrected chi connectivity index (χ0v) is 11.9. The van der Waals surface area contributed by atoms with Crippen molar-refractivity contribution < 1.29 is 9.13 Å². The van der Waals surface area contributed by atoms with Crippen LogP contribution in [0.3, 0.4) is 0 Å². The maximum Gasteiger partial charge on any atom is 0.216 e. The number of pyridine rings is 1. The number of hydrogen-bond donors (Lipinski definition) is 0. The van der Waals surface area contributed by atoms with E-state index in [2.05, 4.69) is 23.9 Å². The van der Waals surface area contributed by atoms with Gasteiger partial charge in [-0.3, -0.25) is 4.98 Å². The fourth-order valence-electron chi connectivity index (χ4n) is 2.58. The fraction of sp³-hybridized carbons (Fsp3) is 0.467. The molecule has 5 heteroatoms. The summed E-state index contributed by atoms with van der Waals surface area (Å²) in [6.07, 6.45) is 3.91. The third-order valence-electron chi connectivity index (χ3n) is 3.61. The van der Waals surface area contributed by atoms with E-state index < -0.39 is 0 Å². The summed E-state index contributed by atoms with van der Waals surface area (Å²) in [4.78, 5) is 3.80. The molecule has 0 unspecified atom stereocenters. The van der Waals surface area contributed by atoms with E-state index in [1.165, 1.54) is 6.20 Å². The Labute approximate surface area is 117 Å². The first kappa shape index (κ1) is 13.1. The van der Waals surface area contributed by atoms with Gasteiger partial charge in [0.1, 0.15) is 5.69 Å². The number of nitrogens with zero attached hydrogens (tertiary/aromatic N) is 3. The van der Waals surface area contributed by atoms with E-state index in [9.17, 15) is 4.39 Å². The molecule has 20 heavy (non-hydrogen) atoms.